The lowest BCUT2D eigenvalue weighted by molar-refractivity contribution is -0.140. The summed E-state index contributed by atoms with van der Waals surface area (Å²) in [6, 6.07) is 3.23. The van der Waals surface area contributed by atoms with Gasteiger partial charge in [0.05, 0.1) is 5.75 Å². The first-order valence-corrected chi connectivity index (χ1v) is 7.89. The summed E-state index contributed by atoms with van der Waals surface area (Å²) >= 11 is 0. The van der Waals surface area contributed by atoms with Crippen molar-refractivity contribution in [2.75, 3.05) is 6.54 Å². The molecule has 5 nitrogen and oxygen atoms in total. The van der Waals surface area contributed by atoms with E-state index in [2.05, 4.69) is 0 Å². The number of hydrogen-bond acceptors (Lipinski definition) is 3. The summed E-state index contributed by atoms with van der Waals surface area (Å²) < 4.78 is 38.9. The van der Waals surface area contributed by atoms with Gasteiger partial charge in [-0.15, -0.1) is 0 Å². The molecule has 110 valence electrons. The van der Waals surface area contributed by atoms with Crippen LogP contribution in [0.3, 0.4) is 0 Å². The average Bonchev–Trinajstić information content (AvgIpc) is 2.83. The molecule has 0 saturated carbocycles. The number of carboxylic acids is 1. The maximum absolute atomic E-state index is 13.4. The molecule has 0 bridgehead atoms. The van der Waals surface area contributed by atoms with Gasteiger partial charge in [-0.3, -0.25) is 4.79 Å². The van der Waals surface area contributed by atoms with Crippen molar-refractivity contribution in [3.8, 4) is 0 Å². The number of aryl methyl sites for hydroxylation is 1. The van der Waals surface area contributed by atoms with Crippen molar-refractivity contribution in [2.24, 2.45) is 0 Å². The minimum atomic E-state index is -3.75. The van der Waals surface area contributed by atoms with Crippen LogP contribution in [0.25, 0.3) is 0 Å². The van der Waals surface area contributed by atoms with E-state index in [-0.39, 0.29) is 12.3 Å². The molecule has 1 atom stereocenters. The largest absolute Gasteiger partial charge is 0.480 e. The van der Waals surface area contributed by atoms with E-state index < -0.39 is 27.9 Å². The van der Waals surface area contributed by atoms with Crippen LogP contribution in [-0.2, 0) is 20.6 Å². The van der Waals surface area contributed by atoms with Crippen molar-refractivity contribution < 1.29 is 22.7 Å². The summed E-state index contributed by atoms with van der Waals surface area (Å²) in [5, 5.41) is 9.03. The van der Waals surface area contributed by atoms with Gasteiger partial charge in [0, 0.05) is 6.54 Å². The molecular formula is C13H16FNO4S. The Morgan fingerprint density at radius 1 is 1.50 bits per heavy atom. The number of carbonyl (C=O) groups is 1. The Morgan fingerprint density at radius 3 is 2.80 bits per heavy atom. The van der Waals surface area contributed by atoms with E-state index in [1.807, 2.05) is 0 Å². The predicted octanol–water partition coefficient (Wildman–Crippen LogP) is 1.51. The summed E-state index contributed by atoms with van der Waals surface area (Å²) in [7, 11) is -3.75. The van der Waals surface area contributed by atoms with Crippen molar-refractivity contribution in [2.45, 2.75) is 31.6 Å². The van der Waals surface area contributed by atoms with Crippen molar-refractivity contribution >= 4 is 16.0 Å². The van der Waals surface area contributed by atoms with Gasteiger partial charge >= 0.3 is 5.97 Å². The molecule has 1 unspecified atom stereocenters. The quantitative estimate of drug-likeness (QED) is 0.915. The molecule has 0 radical (unpaired) electrons. The maximum atomic E-state index is 13.4. The molecule has 0 aromatic heterocycles. The second-order valence-corrected chi connectivity index (χ2v) is 6.87. The first-order valence-electron chi connectivity index (χ1n) is 6.28. The summed E-state index contributed by atoms with van der Waals surface area (Å²) in [6.45, 7) is 1.79. The Morgan fingerprint density at radius 2 is 2.20 bits per heavy atom. The van der Waals surface area contributed by atoms with Crippen LogP contribution in [0, 0.1) is 12.7 Å². The van der Waals surface area contributed by atoms with Gasteiger partial charge in [0.2, 0.25) is 10.0 Å². The van der Waals surface area contributed by atoms with Crippen molar-refractivity contribution in [3.63, 3.8) is 0 Å². The number of aliphatic carboxylic acids is 1. The van der Waals surface area contributed by atoms with Gasteiger partial charge in [-0.25, -0.2) is 12.8 Å². The molecule has 1 aliphatic heterocycles. The molecule has 1 aromatic carbocycles. The Bertz CT molecular complexity index is 629. The minimum Gasteiger partial charge on any atom is -0.480 e. The molecule has 1 N–H and O–H groups in total. The Balaban J connectivity index is 2.22. The highest BCUT2D eigenvalue weighted by molar-refractivity contribution is 7.88. The van der Waals surface area contributed by atoms with E-state index in [1.165, 1.54) is 12.1 Å². The van der Waals surface area contributed by atoms with Crippen molar-refractivity contribution in [1.82, 2.24) is 4.31 Å². The number of benzene rings is 1. The molecule has 1 fully saturated rings. The number of rotatable bonds is 4. The number of halogens is 1. The molecule has 1 aromatic rings. The van der Waals surface area contributed by atoms with E-state index in [4.69, 9.17) is 5.11 Å². The van der Waals surface area contributed by atoms with Gasteiger partial charge in [-0.05, 0) is 37.0 Å². The van der Waals surface area contributed by atoms with Crippen LogP contribution in [-0.4, -0.2) is 36.4 Å². The molecule has 0 aliphatic carbocycles. The molecule has 1 saturated heterocycles. The normalized spacial score (nSPS) is 20.2. The molecule has 0 spiro atoms. The topological polar surface area (TPSA) is 74.7 Å². The predicted molar refractivity (Wildman–Crippen MR) is 71.1 cm³/mol. The van der Waals surface area contributed by atoms with Gasteiger partial charge in [0.1, 0.15) is 11.9 Å². The summed E-state index contributed by atoms with van der Waals surface area (Å²) in [5.41, 5.74) is 0.764. The highest BCUT2D eigenvalue weighted by Gasteiger charge is 2.38. The third kappa shape index (κ3) is 2.99. The molecule has 1 heterocycles. The molecule has 20 heavy (non-hydrogen) atoms. The maximum Gasteiger partial charge on any atom is 0.322 e. The molecule has 2 rings (SSSR count). The number of nitrogens with zero attached hydrogens (tertiary/aromatic N) is 1. The minimum absolute atomic E-state index is 0.202. The third-order valence-corrected chi connectivity index (χ3v) is 5.28. The second kappa shape index (κ2) is 5.49. The average molecular weight is 301 g/mol. The van der Waals surface area contributed by atoms with Gasteiger partial charge in [0.15, 0.2) is 0 Å². The van der Waals surface area contributed by atoms with Crippen LogP contribution in [0.4, 0.5) is 4.39 Å². The first-order chi connectivity index (χ1) is 9.31. The lowest BCUT2D eigenvalue weighted by atomic mass is 10.2. The molecule has 7 heteroatoms. The van der Waals surface area contributed by atoms with Crippen molar-refractivity contribution in [3.05, 3.63) is 35.1 Å². The fraction of sp³-hybridized carbons (Fsp3) is 0.462. The zero-order chi connectivity index (χ0) is 14.9. The fourth-order valence-electron chi connectivity index (χ4n) is 2.34. The van der Waals surface area contributed by atoms with Gasteiger partial charge < -0.3 is 5.11 Å². The van der Waals surface area contributed by atoms with Crippen LogP contribution in [0.5, 0.6) is 0 Å². The Labute approximate surface area is 117 Å². The number of sulfonamides is 1. The molecular weight excluding hydrogens is 285 g/mol. The summed E-state index contributed by atoms with van der Waals surface area (Å²) in [6.07, 6.45) is 0.843. The van der Waals surface area contributed by atoms with Crippen LogP contribution >= 0.6 is 0 Å². The second-order valence-electron chi connectivity index (χ2n) is 4.95. The lowest BCUT2D eigenvalue weighted by Crippen LogP contribution is -2.40. The van der Waals surface area contributed by atoms with Crippen molar-refractivity contribution in [1.29, 1.82) is 0 Å². The highest BCUT2D eigenvalue weighted by Crippen LogP contribution is 2.24. The zero-order valence-electron chi connectivity index (χ0n) is 11.0. The highest BCUT2D eigenvalue weighted by atomic mass is 32.2. The van der Waals surface area contributed by atoms with E-state index in [0.717, 1.165) is 4.31 Å². The Kier molecular flexibility index (Phi) is 4.10. The van der Waals surface area contributed by atoms with E-state index in [0.29, 0.717) is 24.0 Å². The molecule has 0 amide bonds. The van der Waals surface area contributed by atoms with Gasteiger partial charge in [-0.2, -0.15) is 4.31 Å². The lowest BCUT2D eigenvalue weighted by Gasteiger charge is -2.21. The van der Waals surface area contributed by atoms with Gasteiger partial charge in [0.25, 0.3) is 0 Å². The van der Waals surface area contributed by atoms with Crippen LogP contribution < -0.4 is 0 Å². The Hall–Kier alpha value is -1.47. The smallest absolute Gasteiger partial charge is 0.322 e. The van der Waals surface area contributed by atoms with E-state index in [9.17, 15) is 17.6 Å². The number of hydrogen-bond donors (Lipinski definition) is 1. The standard InChI is InChI=1S/C13H16FNO4S/c1-9-4-5-10(7-11(9)14)8-20(18,19)15-6-2-3-12(15)13(16)17/h4-5,7,12H,2-3,6,8H2,1H3,(H,16,17). The SMILES string of the molecule is Cc1ccc(CS(=O)(=O)N2CCCC2C(=O)O)cc1F. The fourth-order valence-corrected chi connectivity index (χ4v) is 4.10. The first kappa shape index (κ1) is 14.9. The third-order valence-electron chi connectivity index (χ3n) is 3.43. The monoisotopic (exact) mass is 301 g/mol. The number of carboxylic acid groups (broad SMARTS) is 1. The summed E-state index contributed by atoms with van der Waals surface area (Å²) in [5.74, 6) is -1.98. The van der Waals surface area contributed by atoms with Gasteiger partial charge in [-0.1, -0.05) is 12.1 Å². The van der Waals surface area contributed by atoms with E-state index >= 15 is 0 Å². The summed E-state index contributed by atoms with van der Waals surface area (Å²) in [4.78, 5) is 11.0. The van der Waals surface area contributed by atoms with Crippen LogP contribution in [0.2, 0.25) is 0 Å². The van der Waals surface area contributed by atoms with Crippen LogP contribution in [0.1, 0.15) is 24.0 Å². The zero-order valence-corrected chi connectivity index (χ0v) is 11.9. The van der Waals surface area contributed by atoms with E-state index in [1.54, 1.807) is 13.0 Å². The van der Waals surface area contributed by atoms with Crippen LogP contribution in [0.15, 0.2) is 18.2 Å². The molecule has 1 aliphatic rings.